The van der Waals surface area contributed by atoms with Crippen LogP contribution in [-0.4, -0.2) is 17.1 Å². The molecule has 0 unspecified atom stereocenters. The molecule has 2 heterocycles. The smallest absolute Gasteiger partial charge is 0.194 e. The second-order valence-corrected chi connectivity index (χ2v) is 8.34. The molecule has 0 atom stereocenters. The number of hydrogen-bond acceptors (Lipinski definition) is 4. The van der Waals surface area contributed by atoms with Gasteiger partial charge in [-0.05, 0) is 62.4 Å². The monoisotopic (exact) mass is 390 g/mol. The Hall–Kier alpha value is -0.400. The maximum Gasteiger partial charge on any atom is 0.194 e. The molecule has 0 aliphatic heterocycles. The Bertz CT molecular complexity index is 528. The third-order valence-electron chi connectivity index (χ3n) is 2.63. The molecule has 19 heavy (non-hydrogen) atoms. The van der Waals surface area contributed by atoms with E-state index >= 15 is 0 Å². The van der Waals surface area contributed by atoms with E-state index in [1.807, 2.05) is 6.20 Å². The highest BCUT2D eigenvalue weighted by Gasteiger charge is 2.10. The van der Waals surface area contributed by atoms with Gasteiger partial charge < -0.3 is 9.73 Å². The predicted octanol–water partition coefficient (Wildman–Crippen LogP) is 4.33. The summed E-state index contributed by atoms with van der Waals surface area (Å²) in [5.74, 6) is 1.70. The van der Waals surface area contributed by atoms with E-state index in [0.29, 0.717) is 0 Å². The average molecular weight is 390 g/mol. The molecule has 1 N–H and O–H groups in total. The van der Waals surface area contributed by atoms with Crippen molar-refractivity contribution in [2.75, 3.05) is 6.54 Å². The van der Waals surface area contributed by atoms with Crippen LogP contribution in [0.4, 0.5) is 0 Å². The third kappa shape index (κ3) is 4.89. The number of aromatic nitrogens is 1. The van der Waals surface area contributed by atoms with E-state index in [-0.39, 0.29) is 5.54 Å². The van der Waals surface area contributed by atoms with Crippen molar-refractivity contribution in [3.05, 3.63) is 26.4 Å². The summed E-state index contributed by atoms with van der Waals surface area (Å²) in [4.78, 5) is 4.34. The highest BCUT2D eigenvalue weighted by atomic mass is 127. The summed E-state index contributed by atoms with van der Waals surface area (Å²) in [6, 6.07) is 2.12. The summed E-state index contributed by atoms with van der Waals surface area (Å²) in [7, 11) is 0. The third-order valence-corrected chi connectivity index (χ3v) is 4.42. The minimum absolute atomic E-state index is 0.176. The fourth-order valence-electron chi connectivity index (χ4n) is 1.70. The van der Waals surface area contributed by atoms with Gasteiger partial charge >= 0.3 is 0 Å². The predicted molar refractivity (Wildman–Crippen MR) is 88.6 cm³/mol. The molecule has 2 aromatic heterocycles. The van der Waals surface area contributed by atoms with E-state index in [0.717, 1.165) is 36.6 Å². The summed E-state index contributed by atoms with van der Waals surface area (Å²) in [5.41, 5.74) is 1.30. The topological polar surface area (TPSA) is 38.1 Å². The van der Waals surface area contributed by atoms with E-state index in [4.69, 9.17) is 4.42 Å². The SMILES string of the molecule is CC(C)(C)NCCCc1ncc(-c2csc(I)c2)o1. The van der Waals surface area contributed by atoms with Gasteiger partial charge in [-0.3, -0.25) is 0 Å². The highest BCUT2D eigenvalue weighted by Crippen LogP contribution is 2.27. The van der Waals surface area contributed by atoms with Gasteiger partial charge in [0.1, 0.15) is 0 Å². The van der Waals surface area contributed by atoms with Gasteiger partial charge in [-0.1, -0.05) is 0 Å². The number of halogens is 1. The van der Waals surface area contributed by atoms with Gasteiger partial charge in [0.2, 0.25) is 0 Å². The largest absolute Gasteiger partial charge is 0.441 e. The van der Waals surface area contributed by atoms with Gasteiger partial charge in [-0.25, -0.2) is 4.98 Å². The van der Waals surface area contributed by atoms with E-state index in [2.05, 4.69) is 65.1 Å². The quantitative estimate of drug-likeness (QED) is 0.610. The zero-order chi connectivity index (χ0) is 13.9. The Kier molecular flexibility index (Phi) is 5.03. The van der Waals surface area contributed by atoms with E-state index in [1.165, 1.54) is 2.88 Å². The lowest BCUT2D eigenvalue weighted by Gasteiger charge is -2.19. The van der Waals surface area contributed by atoms with Crippen LogP contribution in [0.3, 0.4) is 0 Å². The first-order valence-corrected chi connectivity index (χ1v) is 8.34. The molecule has 0 saturated heterocycles. The number of oxazole rings is 1. The van der Waals surface area contributed by atoms with Gasteiger partial charge in [0.15, 0.2) is 11.7 Å². The summed E-state index contributed by atoms with van der Waals surface area (Å²) in [6.07, 6.45) is 3.74. The van der Waals surface area contributed by atoms with Crippen molar-refractivity contribution in [1.29, 1.82) is 0 Å². The molecule has 0 amide bonds. The van der Waals surface area contributed by atoms with Crippen LogP contribution in [0.2, 0.25) is 0 Å². The molecule has 0 aromatic carbocycles. The summed E-state index contributed by atoms with van der Waals surface area (Å²) < 4.78 is 7.04. The number of hydrogen-bond donors (Lipinski definition) is 1. The van der Waals surface area contributed by atoms with Crippen molar-refractivity contribution in [2.24, 2.45) is 0 Å². The van der Waals surface area contributed by atoms with Crippen LogP contribution >= 0.6 is 33.9 Å². The zero-order valence-corrected chi connectivity index (χ0v) is 14.5. The Morgan fingerprint density at radius 2 is 2.21 bits per heavy atom. The molecule has 2 aromatic rings. The van der Waals surface area contributed by atoms with Crippen LogP contribution in [0.25, 0.3) is 11.3 Å². The van der Waals surface area contributed by atoms with Crippen molar-refractivity contribution in [3.8, 4) is 11.3 Å². The molecule has 0 bridgehead atoms. The lowest BCUT2D eigenvalue weighted by molar-refractivity contribution is 0.413. The second-order valence-electron chi connectivity index (χ2n) is 5.54. The molecule has 0 spiro atoms. The highest BCUT2D eigenvalue weighted by molar-refractivity contribution is 14.1. The Morgan fingerprint density at radius 3 is 2.84 bits per heavy atom. The minimum Gasteiger partial charge on any atom is -0.441 e. The molecule has 3 nitrogen and oxygen atoms in total. The Labute approximate surface area is 132 Å². The molecule has 2 rings (SSSR count). The fraction of sp³-hybridized carbons (Fsp3) is 0.500. The van der Waals surface area contributed by atoms with Gasteiger partial charge in [0.25, 0.3) is 0 Å². The van der Waals surface area contributed by atoms with Crippen LogP contribution in [0.1, 0.15) is 33.1 Å². The molecule has 0 fully saturated rings. The second kappa shape index (κ2) is 6.37. The Morgan fingerprint density at radius 1 is 1.42 bits per heavy atom. The number of nitrogens with one attached hydrogen (secondary N) is 1. The number of nitrogens with zero attached hydrogens (tertiary/aromatic N) is 1. The van der Waals surface area contributed by atoms with Crippen molar-refractivity contribution in [3.63, 3.8) is 0 Å². The summed E-state index contributed by atoms with van der Waals surface area (Å²) in [6.45, 7) is 7.51. The number of aryl methyl sites for hydroxylation is 1. The van der Waals surface area contributed by atoms with Gasteiger partial charge in [0.05, 0.1) is 9.08 Å². The molecular weight excluding hydrogens is 371 g/mol. The Balaban J connectivity index is 1.85. The number of rotatable bonds is 5. The molecule has 0 radical (unpaired) electrons. The standard InChI is InChI=1S/C14H19IN2OS/c1-14(2,3)17-6-4-5-13-16-8-11(18-13)10-7-12(15)19-9-10/h7-9,17H,4-6H2,1-3H3. The van der Waals surface area contributed by atoms with Crippen LogP contribution in [0, 0.1) is 2.88 Å². The molecule has 0 aliphatic carbocycles. The fourth-order valence-corrected chi connectivity index (χ4v) is 3.04. The van der Waals surface area contributed by atoms with E-state index in [9.17, 15) is 0 Å². The summed E-state index contributed by atoms with van der Waals surface area (Å²) >= 11 is 4.04. The number of thiophene rings is 1. The lowest BCUT2D eigenvalue weighted by Crippen LogP contribution is -2.36. The van der Waals surface area contributed by atoms with E-state index < -0.39 is 0 Å². The van der Waals surface area contributed by atoms with Gasteiger partial charge in [-0.2, -0.15) is 0 Å². The normalized spacial score (nSPS) is 12.0. The first kappa shape index (κ1) is 15.0. The first-order valence-electron chi connectivity index (χ1n) is 6.38. The molecule has 0 saturated carbocycles. The van der Waals surface area contributed by atoms with E-state index in [1.54, 1.807) is 11.3 Å². The van der Waals surface area contributed by atoms with Gasteiger partial charge in [0, 0.05) is 22.9 Å². The maximum atomic E-state index is 5.78. The summed E-state index contributed by atoms with van der Waals surface area (Å²) in [5, 5.41) is 5.57. The van der Waals surface area contributed by atoms with Crippen LogP contribution in [-0.2, 0) is 6.42 Å². The lowest BCUT2D eigenvalue weighted by atomic mass is 10.1. The molecule has 0 aliphatic rings. The average Bonchev–Trinajstić information content (AvgIpc) is 2.92. The van der Waals surface area contributed by atoms with Crippen molar-refractivity contribution >= 4 is 33.9 Å². The van der Waals surface area contributed by atoms with Crippen LogP contribution in [0.15, 0.2) is 22.1 Å². The molecular formula is C14H19IN2OS. The van der Waals surface area contributed by atoms with Gasteiger partial charge in [-0.15, -0.1) is 11.3 Å². The molecule has 5 heteroatoms. The first-order chi connectivity index (χ1) is 8.94. The minimum atomic E-state index is 0.176. The maximum absolute atomic E-state index is 5.78. The van der Waals surface area contributed by atoms with Crippen LogP contribution in [0.5, 0.6) is 0 Å². The van der Waals surface area contributed by atoms with Crippen molar-refractivity contribution in [1.82, 2.24) is 10.3 Å². The van der Waals surface area contributed by atoms with Crippen molar-refractivity contribution < 1.29 is 4.42 Å². The van der Waals surface area contributed by atoms with Crippen molar-refractivity contribution in [2.45, 2.75) is 39.2 Å². The zero-order valence-electron chi connectivity index (χ0n) is 11.5. The van der Waals surface area contributed by atoms with Crippen LogP contribution < -0.4 is 5.32 Å². The molecule has 104 valence electrons.